The van der Waals surface area contributed by atoms with Gasteiger partial charge in [-0.25, -0.2) is 4.79 Å². The largest absolute Gasteiger partial charge is 0.423 e. The summed E-state index contributed by atoms with van der Waals surface area (Å²) in [6.07, 6.45) is 1.34. The van der Waals surface area contributed by atoms with Gasteiger partial charge in [0.05, 0.1) is 6.20 Å². The Hall–Kier alpha value is -2.30. The van der Waals surface area contributed by atoms with E-state index >= 15 is 0 Å². The number of rotatable bonds is 2. The van der Waals surface area contributed by atoms with Crippen LogP contribution in [0, 0.1) is 6.92 Å². The number of hydrogen-bond acceptors (Lipinski definition) is 4. The molecule has 0 aliphatic carbocycles. The van der Waals surface area contributed by atoms with E-state index in [0.717, 1.165) is 5.56 Å². The molecule has 16 heavy (non-hydrogen) atoms. The maximum atomic E-state index is 11.7. The highest BCUT2D eigenvalue weighted by atomic mass is 16.5. The molecule has 5 nitrogen and oxygen atoms in total. The van der Waals surface area contributed by atoms with Gasteiger partial charge in [-0.2, -0.15) is 5.10 Å². The van der Waals surface area contributed by atoms with Gasteiger partial charge in [0, 0.05) is 0 Å². The van der Waals surface area contributed by atoms with Gasteiger partial charge in [0.15, 0.2) is 0 Å². The molecule has 0 amide bonds. The second-order valence-electron chi connectivity index (χ2n) is 3.35. The molecule has 0 bridgehead atoms. The van der Waals surface area contributed by atoms with E-state index in [2.05, 4.69) is 10.2 Å². The van der Waals surface area contributed by atoms with Crippen molar-refractivity contribution in [2.45, 2.75) is 6.92 Å². The summed E-state index contributed by atoms with van der Waals surface area (Å²) in [5, 5.41) is 6.13. The molecule has 0 aliphatic rings. The summed E-state index contributed by atoms with van der Waals surface area (Å²) in [6, 6.07) is 7.26. The Morgan fingerprint density at radius 3 is 2.81 bits per heavy atom. The highest BCUT2D eigenvalue weighted by Gasteiger charge is 2.14. The van der Waals surface area contributed by atoms with E-state index in [-0.39, 0.29) is 11.4 Å². The molecule has 0 atom stereocenters. The Labute approximate surface area is 92.2 Å². The van der Waals surface area contributed by atoms with E-state index in [0.29, 0.717) is 5.75 Å². The predicted octanol–water partition coefficient (Wildman–Crippen LogP) is 1.52. The van der Waals surface area contributed by atoms with Gasteiger partial charge in [-0.3, -0.25) is 5.10 Å². The molecular weight excluding hydrogens is 206 g/mol. The Balaban J connectivity index is 2.21. The zero-order valence-corrected chi connectivity index (χ0v) is 8.73. The predicted molar refractivity (Wildman–Crippen MR) is 59.1 cm³/mol. The Bertz CT molecular complexity index is 519. The molecule has 0 aliphatic heterocycles. The molecule has 82 valence electrons. The maximum Gasteiger partial charge on any atom is 0.348 e. The third kappa shape index (κ3) is 1.88. The summed E-state index contributed by atoms with van der Waals surface area (Å²) in [5.74, 6) is 0.215. The lowest BCUT2D eigenvalue weighted by Crippen LogP contribution is -2.10. The van der Waals surface area contributed by atoms with Crippen molar-refractivity contribution in [3.8, 4) is 5.75 Å². The maximum absolute atomic E-state index is 11.7. The fourth-order valence-electron chi connectivity index (χ4n) is 1.28. The van der Waals surface area contributed by atoms with Crippen LogP contribution in [0.25, 0.3) is 0 Å². The van der Waals surface area contributed by atoms with Gasteiger partial charge in [-0.1, -0.05) is 18.2 Å². The van der Waals surface area contributed by atoms with E-state index in [1.165, 1.54) is 6.20 Å². The second-order valence-corrected chi connectivity index (χ2v) is 3.35. The van der Waals surface area contributed by atoms with E-state index in [4.69, 9.17) is 10.5 Å². The van der Waals surface area contributed by atoms with Gasteiger partial charge in [0.1, 0.15) is 17.1 Å². The summed E-state index contributed by atoms with van der Waals surface area (Å²) in [4.78, 5) is 11.7. The molecule has 3 N–H and O–H groups in total. The summed E-state index contributed by atoms with van der Waals surface area (Å²) >= 11 is 0. The van der Waals surface area contributed by atoms with Gasteiger partial charge in [0.2, 0.25) is 0 Å². The zero-order valence-electron chi connectivity index (χ0n) is 8.73. The number of nitrogens with zero attached hydrogens (tertiary/aromatic N) is 1. The number of aromatic nitrogens is 2. The van der Waals surface area contributed by atoms with Crippen molar-refractivity contribution in [3.63, 3.8) is 0 Å². The van der Waals surface area contributed by atoms with Crippen LogP contribution in [0.2, 0.25) is 0 Å². The Morgan fingerprint density at radius 2 is 2.19 bits per heavy atom. The highest BCUT2D eigenvalue weighted by Crippen LogP contribution is 2.18. The van der Waals surface area contributed by atoms with Crippen LogP contribution in [0.5, 0.6) is 5.75 Å². The molecule has 2 rings (SSSR count). The Morgan fingerprint density at radius 1 is 1.44 bits per heavy atom. The molecule has 0 saturated carbocycles. The van der Waals surface area contributed by atoms with E-state index in [1.54, 1.807) is 12.1 Å². The van der Waals surface area contributed by atoms with Crippen molar-refractivity contribution in [2.75, 3.05) is 5.73 Å². The van der Waals surface area contributed by atoms with Crippen LogP contribution in [0.1, 0.15) is 15.9 Å². The number of para-hydroxylation sites is 1. The summed E-state index contributed by atoms with van der Waals surface area (Å²) in [7, 11) is 0. The van der Waals surface area contributed by atoms with Crippen LogP contribution in [-0.4, -0.2) is 16.2 Å². The molecule has 1 aromatic heterocycles. The van der Waals surface area contributed by atoms with Crippen molar-refractivity contribution < 1.29 is 9.53 Å². The number of aryl methyl sites for hydroxylation is 1. The van der Waals surface area contributed by atoms with E-state index < -0.39 is 5.97 Å². The molecule has 0 unspecified atom stereocenters. The van der Waals surface area contributed by atoms with E-state index in [9.17, 15) is 4.79 Å². The number of anilines is 1. The molecule has 0 radical (unpaired) electrons. The highest BCUT2D eigenvalue weighted by molar-refractivity contribution is 5.95. The number of carbonyl (C=O) groups is 1. The third-order valence-electron chi connectivity index (χ3n) is 2.18. The number of benzene rings is 1. The first-order valence-electron chi connectivity index (χ1n) is 4.75. The molecular formula is C11H11N3O2. The fourth-order valence-corrected chi connectivity index (χ4v) is 1.28. The summed E-state index contributed by atoms with van der Waals surface area (Å²) < 4.78 is 5.19. The number of esters is 1. The molecule has 2 aromatic rings. The van der Waals surface area contributed by atoms with Crippen molar-refractivity contribution in [2.24, 2.45) is 0 Å². The van der Waals surface area contributed by atoms with Gasteiger partial charge < -0.3 is 10.5 Å². The zero-order chi connectivity index (χ0) is 11.5. The average molecular weight is 217 g/mol. The lowest BCUT2D eigenvalue weighted by Gasteiger charge is -2.05. The van der Waals surface area contributed by atoms with Gasteiger partial charge >= 0.3 is 5.97 Å². The van der Waals surface area contributed by atoms with Crippen LogP contribution in [-0.2, 0) is 0 Å². The van der Waals surface area contributed by atoms with Gasteiger partial charge in [0.25, 0.3) is 0 Å². The van der Waals surface area contributed by atoms with Crippen molar-refractivity contribution in [3.05, 3.63) is 41.6 Å². The number of H-pyrrole nitrogens is 1. The second kappa shape index (κ2) is 4.06. The van der Waals surface area contributed by atoms with Crippen LogP contribution >= 0.6 is 0 Å². The van der Waals surface area contributed by atoms with Crippen molar-refractivity contribution >= 4 is 11.8 Å². The first-order valence-corrected chi connectivity index (χ1v) is 4.75. The quantitative estimate of drug-likeness (QED) is 0.590. The fraction of sp³-hybridized carbons (Fsp3) is 0.0909. The lowest BCUT2D eigenvalue weighted by atomic mass is 10.2. The van der Waals surface area contributed by atoms with Crippen LogP contribution in [0.4, 0.5) is 5.82 Å². The SMILES string of the molecule is Cc1ccccc1OC(=O)c1cn[nH]c1N. The number of nitrogen functional groups attached to an aromatic ring is 1. The summed E-state index contributed by atoms with van der Waals surface area (Å²) in [5.41, 5.74) is 6.64. The average Bonchev–Trinajstić information content (AvgIpc) is 2.68. The Kier molecular flexibility index (Phi) is 2.59. The number of hydrogen-bond donors (Lipinski definition) is 2. The van der Waals surface area contributed by atoms with Crippen LogP contribution < -0.4 is 10.5 Å². The smallest absolute Gasteiger partial charge is 0.348 e. The number of carbonyl (C=O) groups excluding carboxylic acids is 1. The van der Waals surface area contributed by atoms with Crippen molar-refractivity contribution in [1.82, 2.24) is 10.2 Å². The number of aromatic amines is 1. The number of nitrogens with one attached hydrogen (secondary N) is 1. The molecule has 1 aromatic carbocycles. The van der Waals surface area contributed by atoms with Crippen molar-refractivity contribution in [1.29, 1.82) is 0 Å². The summed E-state index contributed by atoms with van der Waals surface area (Å²) in [6.45, 7) is 1.86. The lowest BCUT2D eigenvalue weighted by molar-refractivity contribution is 0.0734. The minimum atomic E-state index is -0.513. The minimum absolute atomic E-state index is 0.207. The normalized spacial score (nSPS) is 10.1. The van der Waals surface area contributed by atoms with Gasteiger partial charge in [-0.15, -0.1) is 0 Å². The molecule has 1 heterocycles. The number of ether oxygens (including phenoxy) is 1. The minimum Gasteiger partial charge on any atom is -0.423 e. The topological polar surface area (TPSA) is 81.0 Å². The molecule has 0 saturated heterocycles. The van der Waals surface area contributed by atoms with E-state index in [1.807, 2.05) is 19.1 Å². The molecule has 0 fully saturated rings. The monoisotopic (exact) mass is 217 g/mol. The standard InChI is InChI=1S/C11H11N3O2/c1-7-4-2-3-5-9(7)16-11(15)8-6-13-14-10(8)12/h2-6H,1H3,(H3,12,13,14). The first-order chi connectivity index (χ1) is 7.68. The number of nitrogens with two attached hydrogens (primary N) is 1. The van der Waals surface area contributed by atoms with Crippen LogP contribution in [0.3, 0.4) is 0 Å². The van der Waals surface area contributed by atoms with Gasteiger partial charge in [-0.05, 0) is 18.6 Å². The molecule has 5 heteroatoms. The first kappa shape index (κ1) is 10.2. The third-order valence-corrected chi connectivity index (χ3v) is 2.18. The van der Waals surface area contributed by atoms with Crippen LogP contribution in [0.15, 0.2) is 30.5 Å². The molecule has 0 spiro atoms.